The molecule has 0 fully saturated rings. The van der Waals surface area contributed by atoms with Crippen LogP contribution in [0.15, 0.2) is 36.4 Å². The van der Waals surface area contributed by atoms with Crippen LogP contribution in [-0.4, -0.2) is 26.1 Å². The highest BCUT2D eigenvalue weighted by Gasteiger charge is 2.12. The van der Waals surface area contributed by atoms with Crippen molar-refractivity contribution < 1.29 is 9.90 Å². The van der Waals surface area contributed by atoms with Gasteiger partial charge in [-0.05, 0) is 59.0 Å². The number of carbonyl (C=O) groups is 1. The van der Waals surface area contributed by atoms with E-state index in [4.69, 9.17) is 16.7 Å². The summed E-state index contributed by atoms with van der Waals surface area (Å²) in [6.45, 7) is 0. The Kier molecular flexibility index (Phi) is 3.35. The van der Waals surface area contributed by atoms with Crippen LogP contribution in [0.5, 0.6) is 0 Å². The fraction of sp³-hybridized carbons (Fsp3) is 0. The van der Waals surface area contributed by atoms with Crippen LogP contribution < -0.4 is 0 Å². The van der Waals surface area contributed by atoms with Crippen LogP contribution in [0.25, 0.3) is 16.7 Å². The van der Waals surface area contributed by atoms with E-state index in [0.717, 1.165) is 3.57 Å². The van der Waals surface area contributed by atoms with Gasteiger partial charge in [-0.25, -0.2) is 9.48 Å². The molecule has 0 amide bonds. The van der Waals surface area contributed by atoms with Gasteiger partial charge in [0.05, 0.1) is 21.8 Å². The minimum atomic E-state index is -0.992. The predicted octanol–water partition coefficient (Wildman–Crippen LogP) is 3.38. The topological polar surface area (TPSA) is 68.0 Å². The Bertz CT molecular complexity index is 832. The Morgan fingerprint density at radius 3 is 2.75 bits per heavy atom. The number of halogens is 2. The Hall–Kier alpha value is -1.67. The maximum atomic E-state index is 11.0. The van der Waals surface area contributed by atoms with Crippen molar-refractivity contribution in [2.75, 3.05) is 0 Å². The molecule has 0 spiro atoms. The van der Waals surface area contributed by atoms with E-state index in [-0.39, 0.29) is 5.56 Å². The molecule has 1 heterocycles. The summed E-state index contributed by atoms with van der Waals surface area (Å²) in [5.74, 6) is -0.992. The van der Waals surface area contributed by atoms with E-state index in [1.807, 2.05) is 18.2 Å². The van der Waals surface area contributed by atoms with Gasteiger partial charge in [-0.1, -0.05) is 16.8 Å². The van der Waals surface area contributed by atoms with Gasteiger partial charge in [0, 0.05) is 3.57 Å². The van der Waals surface area contributed by atoms with Crippen molar-refractivity contribution in [2.45, 2.75) is 0 Å². The monoisotopic (exact) mass is 399 g/mol. The minimum Gasteiger partial charge on any atom is -0.478 e. The average molecular weight is 400 g/mol. The molecule has 3 rings (SSSR count). The summed E-state index contributed by atoms with van der Waals surface area (Å²) in [6.07, 6.45) is 0. The highest BCUT2D eigenvalue weighted by atomic mass is 127. The number of nitrogens with zero attached hydrogens (tertiary/aromatic N) is 3. The molecule has 0 radical (unpaired) electrons. The Labute approximate surface area is 132 Å². The zero-order valence-electron chi connectivity index (χ0n) is 9.92. The molecule has 100 valence electrons. The Morgan fingerprint density at radius 2 is 2.05 bits per heavy atom. The van der Waals surface area contributed by atoms with Crippen molar-refractivity contribution in [3.8, 4) is 5.69 Å². The van der Waals surface area contributed by atoms with E-state index in [0.29, 0.717) is 21.7 Å². The van der Waals surface area contributed by atoms with Gasteiger partial charge >= 0.3 is 5.97 Å². The van der Waals surface area contributed by atoms with E-state index in [9.17, 15) is 4.79 Å². The molecule has 1 aromatic heterocycles. The number of aromatic nitrogens is 3. The summed E-state index contributed by atoms with van der Waals surface area (Å²) >= 11 is 8.38. The summed E-state index contributed by atoms with van der Waals surface area (Å²) in [4.78, 5) is 11.0. The molecule has 2 aromatic carbocycles. The normalized spacial score (nSPS) is 10.9. The van der Waals surface area contributed by atoms with E-state index in [1.165, 1.54) is 12.1 Å². The van der Waals surface area contributed by atoms with Crippen LogP contribution >= 0.6 is 34.2 Å². The molecule has 0 aliphatic heterocycles. The fourth-order valence-electron chi connectivity index (χ4n) is 1.88. The lowest BCUT2D eigenvalue weighted by molar-refractivity contribution is 0.0697. The summed E-state index contributed by atoms with van der Waals surface area (Å²) < 4.78 is 2.55. The van der Waals surface area contributed by atoms with Crippen LogP contribution in [-0.2, 0) is 0 Å². The van der Waals surface area contributed by atoms with Gasteiger partial charge in [-0.3, -0.25) is 0 Å². The van der Waals surface area contributed by atoms with E-state index in [1.54, 1.807) is 10.7 Å². The fourth-order valence-corrected chi connectivity index (χ4v) is 2.82. The number of benzene rings is 2. The van der Waals surface area contributed by atoms with Crippen LogP contribution in [0.3, 0.4) is 0 Å². The van der Waals surface area contributed by atoms with Crippen molar-refractivity contribution in [1.82, 2.24) is 15.0 Å². The lowest BCUT2D eigenvalue weighted by Crippen LogP contribution is -2.00. The molecule has 20 heavy (non-hydrogen) atoms. The summed E-state index contributed by atoms with van der Waals surface area (Å²) in [5, 5.41) is 17.7. The van der Waals surface area contributed by atoms with Gasteiger partial charge < -0.3 is 5.11 Å². The molecule has 0 unspecified atom stereocenters. The summed E-state index contributed by atoms with van der Waals surface area (Å²) in [7, 11) is 0. The number of hydrogen-bond donors (Lipinski definition) is 1. The second kappa shape index (κ2) is 5.02. The van der Waals surface area contributed by atoms with Crippen LogP contribution in [0, 0.1) is 3.57 Å². The zero-order chi connectivity index (χ0) is 14.3. The van der Waals surface area contributed by atoms with E-state index < -0.39 is 5.97 Å². The molecule has 1 N–H and O–H groups in total. The first-order valence-electron chi connectivity index (χ1n) is 5.60. The number of fused-ring (bicyclic) bond motifs is 1. The molecule has 7 heteroatoms. The predicted molar refractivity (Wildman–Crippen MR) is 83.6 cm³/mol. The molecule has 0 bridgehead atoms. The van der Waals surface area contributed by atoms with Gasteiger partial charge in [0.25, 0.3) is 0 Å². The number of carboxylic acids is 1. The van der Waals surface area contributed by atoms with Gasteiger partial charge in [0.1, 0.15) is 5.52 Å². The molecular formula is C13H7ClIN3O2. The number of rotatable bonds is 2. The van der Waals surface area contributed by atoms with Crippen LogP contribution in [0.4, 0.5) is 0 Å². The molecule has 0 saturated heterocycles. The standard InChI is InChI=1S/C13H7ClIN3O2/c14-9-6-8(15)2-4-11(9)18-12-5-7(13(19)20)1-3-10(12)16-17-18/h1-6H,(H,19,20). The van der Waals surface area contributed by atoms with Crippen molar-refractivity contribution in [3.05, 3.63) is 50.6 Å². The second-order valence-corrected chi connectivity index (χ2v) is 5.76. The van der Waals surface area contributed by atoms with Gasteiger partial charge in [0.15, 0.2) is 0 Å². The van der Waals surface area contributed by atoms with Crippen molar-refractivity contribution in [2.24, 2.45) is 0 Å². The number of hydrogen-bond acceptors (Lipinski definition) is 3. The van der Waals surface area contributed by atoms with Gasteiger partial charge in [-0.15, -0.1) is 5.10 Å². The average Bonchev–Trinajstić information content (AvgIpc) is 2.81. The molecular weight excluding hydrogens is 393 g/mol. The third kappa shape index (κ3) is 2.25. The Balaban J connectivity index is 2.25. The molecule has 0 aliphatic rings. The van der Waals surface area contributed by atoms with Crippen molar-refractivity contribution >= 4 is 51.2 Å². The van der Waals surface area contributed by atoms with E-state index >= 15 is 0 Å². The third-order valence-corrected chi connectivity index (χ3v) is 3.80. The number of carboxylic acid groups (broad SMARTS) is 1. The first kappa shape index (κ1) is 13.3. The van der Waals surface area contributed by atoms with E-state index in [2.05, 4.69) is 32.9 Å². The number of aromatic carboxylic acids is 1. The maximum Gasteiger partial charge on any atom is 0.335 e. The molecule has 0 saturated carbocycles. The van der Waals surface area contributed by atoms with Crippen molar-refractivity contribution in [3.63, 3.8) is 0 Å². The van der Waals surface area contributed by atoms with Crippen LogP contribution in [0.2, 0.25) is 5.02 Å². The summed E-state index contributed by atoms with van der Waals surface area (Å²) in [5.41, 5.74) is 2.07. The lowest BCUT2D eigenvalue weighted by atomic mass is 10.2. The highest BCUT2D eigenvalue weighted by molar-refractivity contribution is 14.1. The van der Waals surface area contributed by atoms with Gasteiger partial charge in [-0.2, -0.15) is 0 Å². The van der Waals surface area contributed by atoms with Gasteiger partial charge in [0.2, 0.25) is 0 Å². The lowest BCUT2D eigenvalue weighted by Gasteiger charge is -2.05. The smallest absolute Gasteiger partial charge is 0.335 e. The maximum absolute atomic E-state index is 11.0. The SMILES string of the molecule is O=C(O)c1ccc2nnn(-c3ccc(I)cc3Cl)c2c1. The van der Waals surface area contributed by atoms with Crippen LogP contribution in [0.1, 0.15) is 10.4 Å². The third-order valence-electron chi connectivity index (χ3n) is 2.83. The molecule has 0 atom stereocenters. The van der Waals surface area contributed by atoms with Crippen molar-refractivity contribution in [1.29, 1.82) is 0 Å². The molecule has 3 aromatic rings. The first-order chi connectivity index (χ1) is 9.56. The highest BCUT2D eigenvalue weighted by Crippen LogP contribution is 2.25. The first-order valence-corrected chi connectivity index (χ1v) is 7.06. The Morgan fingerprint density at radius 1 is 1.25 bits per heavy atom. The zero-order valence-corrected chi connectivity index (χ0v) is 12.8. The molecule has 0 aliphatic carbocycles. The summed E-state index contributed by atoms with van der Waals surface area (Å²) in [6, 6.07) is 10.2. The quantitative estimate of drug-likeness (QED) is 0.671. The minimum absolute atomic E-state index is 0.183. The molecule has 5 nitrogen and oxygen atoms in total. The second-order valence-electron chi connectivity index (χ2n) is 4.11. The largest absolute Gasteiger partial charge is 0.478 e.